The average molecular weight is 409 g/mol. The van der Waals surface area contributed by atoms with E-state index >= 15 is 0 Å². The maximum Gasteiger partial charge on any atom is 0.250 e. The third-order valence-electron chi connectivity index (χ3n) is 4.47. The van der Waals surface area contributed by atoms with Crippen LogP contribution in [0.1, 0.15) is 16.7 Å². The standard InChI is InChI=1S/C24H23N7/c1-17-13-14-21(18(2)15-17)27-23-28-22(26-20-11-7-4-8-12-20)29-24(30-23)31-25-16-19-9-5-3-6-10-19/h3-16H,1-2H3,(H3,26,27,28,29,30,31)/b25-16+. The topological polar surface area (TPSA) is 87.1 Å². The van der Waals surface area contributed by atoms with E-state index in [4.69, 9.17) is 0 Å². The van der Waals surface area contributed by atoms with Crippen molar-refractivity contribution in [2.45, 2.75) is 13.8 Å². The molecule has 31 heavy (non-hydrogen) atoms. The summed E-state index contributed by atoms with van der Waals surface area (Å²) in [5.74, 6) is 1.15. The number of hydrazone groups is 1. The van der Waals surface area contributed by atoms with Gasteiger partial charge in [-0.15, -0.1) is 0 Å². The van der Waals surface area contributed by atoms with Gasteiger partial charge in [0, 0.05) is 11.4 Å². The smallest absolute Gasteiger partial charge is 0.250 e. The van der Waals surface area contributed by atoms with Crippen LogP contribution >= 0.6 is 0 Å². The lowest BCUT2D eigenvalue weighted by molar-refractivity contribution is 1.04. The van der Waals surface area contributed by atoms with Crippen LogP contribution in [0.25, 0.3) is 0 Å². The van der Waals surface area contributed by atoms with Crippen LogP contribution < -0.4 is 16.1 Å². The van der Waals surface area contributed by atoms with Crippen molar-refractivity contribution in [2.24, 2.45) is 5.10 Å². The minimum Gasteiger partial charge on any atom is -0.324 e. The molecule has 1 aromatic heterocycles. The summed E-state index contributed by atoms with van der Waals surface area (Å²) in [5, 5.41) is 10.7. The Bertz CT molecular complexity index is 1180. The van der Waals surface area contributed by atoms with Crippen molar-refractivity contribution in [3.05, 3.63) is 95.6 Å². The number of anilines is 5. The van der Waals surface area contributed by atoms with Crippen molar-refractivity contribution in [1.29, 1.82) is 0 Å². The normalized spacial score (nSPS) is 10.8. The van der Waals surface area contributed by atoms with Gasteiger partial charge in [0.15, 0.2) is 0 Å². The molecule has 0 aliphatic carbocycles. The van der Waals surface area contributed by atoms with E-state index in [0.29, 0.717) is 17.8 Å². The molecule has 4 rings (SSSR count). The Morgan fingerprint density at radius 1 is 0.710 bits per heavy atom. The molecule has 0 fully saturated rings. The summed E-state index contributed by atoms with van der Waals surface area (Å²) in [6, 6.07) is 25.7. The molecule has 0 unspecified atom stereocenters. The molecule has 3 aromatic carbocycles. The molecule has 0 bridgehead atoms. The lowest BCUT2D eigenvalue weighted by Crippen LogP contribution is -2.07. The molecule has 0 radical (unpaired) electrons. The van der Waals surface area contributed by atoms with Crippen molar-refractivity contribution in [3.63, 3.8) is 0 Å². The number of benzene rings is 3. The predicted molar refractivity (Wildman–Crippen MR) is 126 cm³/mol. The number of rotatable bonds is 7. The van der Waals surface area contributed by atoms with Crippen LogP contribution in [0.2, 0.25) is 0 Å². The number of hydrogen-bond donors (Lipinski definition) is 3. The van der Waals surface area contributed by atoms with Gasteiger partial charge in [-0.2, -0.15) is 20.1 Å². The van der Waals surface area contributed by atoms with E-state index in [0.717, 1.165) is 22.5 Å². The van der Waals surface area contributed by atoms with Crippen LogP contribution in [0.15, 0.2) is 84.0 Å². The fourth-order valence-corrected chi connectivity index (χ4v) is 2.97. The van der Waals surface area contributed by atoms with Crippen LogP contribution in [0.3, 0.4) is 0 Å². The Morgan fingerprint density at radius 3 is 2.06 bits per heavy atom. The molecule has 0 atom stereocenters. The van der Waals surface area contributed by atoms with E-state index < -0.39 is 0 Å². The van der Waals surface area contributed by atoms with Crippen molar-refractivity contribution >= 4 is 35.4 Å². The van der Waals surface area contributed by atoms with E-state index in [9.17, 15) is 0 Å². The SMILES string of the molecule is Cc1ccc(Nc2nc(N/N=C/c3ccccc3)nc(Nc3ccccc3)n2)c(C)c1. The molecule has 1 heterocycles. The fraction of sp³-hybridized carbons (Fsp3) is 0.0833. The second-order valence-electron chi connectivity index (χ2n) is 7.02. The zero-order chi connectivity index (χ0) is 21.5. The number of aryl methyl sites for hydroxylation is 2. The van der Waals surface area contributed by atoms with Gasteiger partial charge in [0.1, 0.15) is 0 Å². The van der Waals surface area contributed by atoms with Gasteiger partial charge in [0.2, 0.25) is 17.8 Å². The number of para-hydroxylation sites is 1. The zero-order valence-electron chi connectivity index (χ0n) is 17.4. The number of nitrogens with one attached hydrogen (secondary N) is 3. The molecule has 4 aromatic rings. The fourth-order valence-electron chi connectivity index (χ4n) is 2.97. The number of nitrogens with zero attached hydrogens (tertiary/aromatic N) is 4. The largest absolute Gasteiger partial charge is 0.324 e. The van der Waals surface area contributed by atoms with Gasteiger partial charge < -0.3 is 10.6 Å². The van der Waals surface area contributed by atoms with Gasteiger partial charge in [0.05, 0.1) is 6.21 Å². The molecule has 7 heteroatoms. The minimum absolute atomic E-state index is 0.327. The first-order valence-electron chi connectivity index (χ1n) is 9.92. The molecular formula is C24H23N7. The first-order valence-corrected chi connectivity index (χ1v) is 9.92. The summed E-state index contributed by atoms with van der Waals surface area (Å²) >= 11 is 0. The van der Waals surface area contributed by atoms with E-state index in [1.54, 1.807) is 6.21 Å². The van der Waals surface area contributed by atoms with Crippen LogP contribution in [0.5, 0.6) is 0 Å². The monoisotopic (exact) mass is 409 g/mol. The second kappa shape index (κ2) is 9.49. The van der Waals surface area contributed by atoms with Crippen molar-refractivity contribution in [1.82, 2.24) is 15.0 Å². The Kier molecular flexibility index (Phi) is 6.13. The lowest BCUT2D eigenvalue weighted by atomic mass is 10.1. The summed E-state index contributed by atoms with van der Waals surface area (Å²) in [7, 11) is 0. The maximum atomic E-state index is 4.52. The predicted octanol–water partition coefficient (Wildman–Crippen LogP) is 5.42. The van der Waals surface area contributed by atoms with Crippen LogP contribution in [-0.2, 0) is 0 Å². The van der Waals surface area contributed by atoms with E-state index in [2.05, 4.69) is 49.1 Å². The molecule has 7 nitrogen and oxygen atoms in total. The summed E-state index contributed by atoms with van der Waals surface area (Å²) < 4.78 is 0. The van der Waals surface area contributed by atoms with Crippen molar-refractivity contribution in [3.8, 4) is 0 Å². The molecule has 154 valence electrons. The third kappa shape index (κ3) is 5.63. The Morgan fingerprint density at radius 2 is 1.35 bits per heavy atom. The molecule has 3 N–H and O–H groups in total. The second-order valence-corrected chi connectivity index (χ2v) is 7.02. The minimum atomic E-state index is 0.327. The van der Waals surface area contributed by atoms with Gasteiger partial charge >= 0.3 is 0 Å². The van der Waals surface area contributed by atoms with Crippen molar-refractivity contribution in [2.75, 3.05) is 16.1 Å². The zero-order valence-corrected chi connectivity index (χ0v) is 17.4. The summed E-state index contributed by atoms with van der Waals surface area (Å²) in [6.07, 6.45) is 1.71. The van der Waals surface area contributed by atoms with Crippen LogP contribution in [0.4, 0.5) is 29.2 Å². The molecule has 0 saturated carbocycles. The maximum absolute atomic E-state index is 4.52. The molecular weight excluding hydrogens is 386 g/mol. The first-order chi connectivity index (χ1) is 15.2. The van der Waals surface area contributed by atoms with Gasteiger partial charge in [-0.25, -0.2) is 5.43 Å². The van der Waals surface area contributed by atoms with E-state index in [1.807, 2.05) is 79.7 Å². The molecule has 0 aliphatic rings. The highest BCUT2D eigenvalue weighted by atomic mass is 15.4. The third-order valence-corrected chi connectivity index (χ3v) is 4.47. The van der Waals surface area contributed by atoms with Gasteiger partial charge in [-0.3, -0.25) is 0 Å². The Labute approximate surface area is 181 Å². The summed E-state index contributed by atoms with van der Waals surface area (Å²) in [5.41, 5.74) is 7.98. The summed E-state index contributed by atoms with van der Waals surface area (Å²) in [4.78, 5) is 13.4. The number of aromatic nitrogens is 3. The first kappa shape index (κ1) is 20.0. The number of hydrogen-bond acceptors (Lipinski definition) is 7. The highest BCUT2D eigenvalue weighted by molar-refractivity contribution is 5.79. The van der Waals surface area contributed by atoms with E-state index in [1.165, 1.54) is 5.56 Å². The van der Waals surface area contributed by atoms with Crippen LogP contribution in [-0.4, -0.2) is 21.2 Å². The van der Waals surface area contributed by atoms with Crippen molar-refractivity contribution < 1.29 is 0 Å². The molecule has 0 aliphatic heterocycles. The lowest BCUT2D eigenvalue weighted by Gasteiger charge is -2.12. The Balaban J connectivity index is 1.60. The van der Waals surface area contributed by atoms with Crippen LogP contribution in [0, 0.1) is 13.8 Å². The van der Waals surface area contributed by atoms with Gasteiger partial charge in [-0.1, -0.05) is 66.2 Å². The molecule has 0 amide bonds. The summed E-state index contributed by atoms with van der Waals surface area (Å²) in [6.45, 7) is 4.11. The Hall–Kier alpha value is -4.26. The quantitative estimate of drug-likeness (QED) is 0.279. The highest BCUT2D eigenvalue weighted by Gasteiger charge is 2.08. The van der Waals surface area contributed by atoms with Gasteiger partial charge in [0.25, 0.3) is 0 Å². The average Bonchev–Trinajstić information content (AvgIpc) is 2.77. The van der Waals surface area contributed by atoms with Gasteiger partial charge in [-0.05, 0) is 43.2 Å². The van der Waals surface area contributed by atoms with E-state index in [-0.39, 0.29) is 0 Å². The molecule has 0 saturated heterocycles. The molecule has 0 spiro atoms. The highest BCUT2D eigenvalue weighted by Crippen LogP contribution is 2.22.